The van der Waals surface area contributed by atoms with Crippen molar-refractivity contribution in [2.24, 2.45) is 4.99 Å². The van der Waals surface area contributed by atoms with Crippen molar-refractivity contribution in [3.8, 4) is 11.5 Å². The number of rotatable bonds is 5. The number of hydrogen-bond donors (Lipinski definition) is 1. The van der Waals surface area contributed by atoms with Crippen LogP contribution >= 0.6 is 0 Å². The minimum atomic E-state index is -4.93. The van der Waals surface area contributed by atoms with E-state index in [-0.39, 0.29) is 12.3 Å². The van der Waals surface area contributed by atoms with Crippen molar-refractivity contribution in [1.82, 2.24) is 9.97 Å². The second-order valence-electron chi connectivity index (χ2n) is 7.75. The molecule has 1 aromatic heterocycles. The Morgan fingerprint density at radius 1 is 1.28 bits per heavy atom. The van der Waals surface area contributed by atoms with E-state index in [0.717, 1.165) is 0 Å². The standard InChI is InChI=1S/C23H22F3N3O3/c1-14-27-12-18-19(4-3-5-20(18)29-14)28-13-22(30,23(24,25)26)11-15-8-9-32-21-7-6-16(31-2)10-17(15)21/h3-7,10,12-13,15,30H,8-9,11H2,1-2H3/b28-13+. The molecule has 2 heterocycles. The number of methoxy groups -OCH3 is 1. The number of aliphatic hydroxyl groups is 1. The maximum Gasteiger partial charge on any atom is 0.422 e. The van der Waals surface area contributed by atoms with Gasteiger partial charge in [0.25, 0.3) is 0 Å². The van der Waals surface area contributed by atoms with E-state index in [0.29, 0.717) is 46.4 Å². The van der Waals surface area contributed by atoms with Crippen LogP contribution in [0.1, 0.15) is 30.1 Å². The fourth-order valence-electron chi connectivity index (χ4n) is 3.82. The Balaban J connectivity index is 1.70. The lowest BCUT2D eigenvalue weighted by Gasteiger charge is -2.33. The molecule has 0 amide bonds. The van der Waals surface area contributed by atoms with Crippen molar-refractivity contribution in [2.75, 3.05) is 13.7 Å². The summed E-state index contributed by atoms with van der Waals surface area (Å²) in [6, 6.07) is 9.93. The van der Waals surface area contributed by atoms with Gasteiger partial charge in [-0.25, -0.2) is 9.97 Å². The van der Waals surface area contributed by atoms with Gasteiger partial charge in [-0.05, 0) is 56.0 Å². The molecule has 2 unspecified atom stereocenters. The molecular weight excluding hydrogens is 423 g/mol. The Labute approximate surface area is 182 Å². The number of alkyl halides is 3. The van der Waals surface area contributed by atoms with Gasteiger partial charge in [-0.1, -0.05) is 6.07 Å². The molecule has 2 atom stereocenters. The Kier molecular flexibility index (Phi) is 5.77. The molecule has 0 aliphatic carbocycles. The fourth-order valence-corrected chi connectivity index (χ4v) is 3.82. The van der Waals surface area contributed by atoms with Gasteiger partial charge in [-0.2, -0.15) is 13.2 Å². The highest BCUT2D eigenvalue weighted by molar-refractivity contribution is 5.91. The molecule has 0 spiro atoms. The largest absolute Gasteiger partial charge is 0.497 e. The highest BCUT2D eigenvalue weighted by Gasteiger charge is 2.54. The number of halogens is 3. The first-order valence-electron chi connectivity index (χ1n) is 10.1. The van der Waals surface area contributed by atoms with Crippen LogP contribution in [-0.4, -0.2) is 46.8 Å². The summed E-state index contributed by atoms with van der Waals surface area (Å²) in [5, 5.41) is 11.3. The Hall–Kier alpha value is -3.20. The first kappa shape index (κ1) is 22.0. The fraction of sp³-hybridized carbons (Fsp3) is 0.348. The molecule has 0 fully saturated rings. The Morgan fingerprint density at radius 3 is 2.84 bits per heavy atom. The number of aromatic nitrogens is 2. The smallest absolute Gasteiger partial charge is 0.422 e. The molecule has 0 saturated heterocycles. The summed E-state index contributed by atoms with van der Waals surface area (Å²) < 4.78 is 52.9. The van der Waals surface area contributed by atoms with Gasteiger partial charge in [0.1, 0.15) is 17.3 Å². The van der Waals surface area contributed by atoms with Gasteiger partial charge in [0.15, 0.2) is 5.60 Å². The van der Waals surface area contributed by atoms with Crippen molar-refractivity contribution in [3.05, 3.63) is 54.0 Å². The summed E-state index contributed by atoms with van der Waals surface area (Å²) >= 11 is 0. The highest BCUT2D eigenvalue weighted by atomic mass is 19.4. The van der Waals surface area contributed by atoms with E-state index in [1.807, 2.05) is 0 Å². The minimum absolute atomic E-state index is 0.249. The van der Waals surface area contributed by atoms with Crippen molar-refractivity contribution < 1.29 is 27.8 Å². The summed E-state index contributed by atoms with van der Waals surface area (Å²) in [6.07, 6.45) is -3.10. The zero-order valence-electron chi connectivity index (χ0n) is 17.6. The molecule has 0 bridgehead atoms. The second kappa shape index (κ2) is 8.38. The van der Waals surface area contributed by atoms with E-state index < -0.39 is 24.1 Å². The number of fused-ring (bicyclic) bond motifs is 2. The monoisotopic (exact) mass is 445 g/mol. The molecule has 2 aromatic carbocycles. The summed E-state index contributed by atoms with van der Waals surface area (Å²) in [5.41, 5.74) is -1.75. The van der Waals surface area contributed by atoms with Crippen LogP contribution in [0.3, 0.4) is 0 Å². The lowest BCUT2D eigenvalue weighted by molar-refractivity contribution is -0.232. The van der Waals surface area contributed by atoms with Gasteiger partial charge in [-0.3, -0.25) is 4.99 Å². The first-order valence-corrected chi connectivity index (χ1v) is 10.1. The van der Waals surface area contributed by atoms with Gasteiger partial charge in [0.2, 0.25) is 0 Å². The molecule has 1 N–H and O–H groups in total. The zero-order valence-corrected chi connectivity index (χ0v) is 17.6. The minimum Gasteiger partial charge on any atom is -0.497 e. The number of ether oxygens (including phenoxy) is 2. The molecule has 0 radical (unpaired) electrons. The van der Waals surface area contributed by atoms with E-state index in [9.17, 15) is 18.3 Å². The molecule has 1 aliphatic rings. The van der Waals surface area contributed by atoms with Crippen molar-refractivity contribution in [1.29, 1.82) is 0 Å². The van der Waals surface area contributed by atoms with E-state index in [2.05, 4.69) is 15.0 Å². The Morgan fingerprint density at radius 2 is 2.09 bits per heavy atom. The lowest BCUT2D eigenvalue weighted by atomic mass is 9.82. The first-order chi connectivity index (χ1) is 15.2. The highest BCUT2D eigenvalue weighted by Crippen LogP contribution is 2.44. The van der Waals surface area contributed by atoms with Crippen LogP contribution in [0, 0.1) is 6.92 Å². The Bertz CT molecular complexity index is 1170. The third-order valence-corrected chi connectivity index (χ3v) is 5.57. The molecule has 0 saturated carbocycles. The summed E-state index contributed by atoms with van der Waals surface area (Å²) in [7, 11) is 1.48. The zero-order chi connectivity index (χ0) is 22.9. The molecule has 6 nitrogen and oxygen atoms in total. The molecule has 32 heavy (non-hydrogen) atoms. The average molecular weight is 445 g/mol. The summed E-state index contributed by atoms with van der Waals surface area (Å²) in [6.45, 7) is 1.98. The summed E-state index contributed by atoms with van der Waals surface area (Å²) in [5.74, 6) is 0.948. The quantitative estimate of drug-likeness (QED) is 0.566. The average Bonchev–Trinajstić information content (AvgIpc) is 2.76. The van der Waals surface area contributed by atoms with E-state index in [1.165, 1.54) is 13.3 Å². The number of aryl methyl sites for hydroxylation is 1. The van der Waals surface area contributed by atoms with Crippen LogP contribution in [0.15, 0.2) is 47.6 Å². The van der Waals surface area contributed by atoms with Gasteiger partial charge in [-0.15, -0.1) is 0 Å². The molecule has 9 heteroatoms. The third kappa shape index (κ3) is 4.25. The van der Waals surface area contributed by atoms with E-state index in [1.54, 1.807) is 43.3 Å². The maximum absolute atomic E-state index is 14.0. The molecular formula is C23H22F3N3O3. The molecule has 4 rings (SSSR count). The third-order valence-electron chi connectivity index (χ3n) is 5.57. The van der Waals surface area contributed by atoms with Crippen molar-refractivity contribution in [2.45, 2.75) is 37.5 Å². The van der Waals surface area contributed by atoms with Gasteiger partial charge >= 0.3 is 6.18 Å². The van der Waals surface area contributed by atoms with Crippen molar-refractivity contribution in [3.63, 3.8) is 0 Å². The maximum atomic E-state index is 14.0. The van der Waals surface area contributed by atoms with E-state index in [4.69, 9.17) is 9.47 Å². The number of nitrogens with zero attached hydrogens (tertiary/aromatic N) is 3. The lowest BCUT2D eigenvalue weighted by Crippen LogP contribution is -2.48. The summed E-state index contributed by atoms with van der Waals surface area (Å²) in [4.78, 5) is 12.4. The normalized spacial score (nSPS) is 18.2. The number of hydrogen-bond acceptors (Lipinski definition) is 6. The SMILES string of the molecule is COc1ccc2c(c1)C(CC(O)(/C=N/c1cccc3nc(C)ncc13)C(F)(F)F)CCO2. The molecule has 3 aromatic rings. The van der Waals surface area contributed by atoms with E-state index >= 15 is 0 Å². The molecule has 1 aliphatic heterocycles. The van der Waals surface area contributed by atoms with Gasteiger partial charge < -0.3 is 14.6 Å². The van der Waals surface area contributed by atoms with Crippen LogP contribution in [0.25, 0.3) is 10.9 Å². The topological polar surface area (TPSA) is 76.8 Å². The van der Waals surface area contributed by atoms with Crippen molar-refractivity contribution >= 4 is 22.8 Å². The predicted octanol–water partition coefficient (Wildman–Crippen LogP) is 4.90. The van der Waals surface area contributed by atoms with Crippen LogP contribution in [0.2, 0.25) is 0 Å². The second-order valence-corrected chi connectivity index (χ2v) is 7.75. The van der Waals surface area contributed by atoms with Crippen LogP contribution < -0.4 is 9.47 Å². The van der Waals surface area contributed by atoms with Crippen LogP contribution in [0.5, 0.6) is 11.5 Å². The van der Waals surface area contributed by atoms with Crippen LogP contribution in [0.4, 0.5) is 18.9 Å². The predicted molar refractivity (Wildman–Crippen MR) is 114 cm³/mol. The molecule has 168 valence electrons. The van der Waals surface area contributed by atoms with Gasteiger partial charge in [0, 0.05) is 23.4 Å². The number of aliphatic imine (C=N–C) groups is 1. The number of benzene rings is 2. The van der Waals surface area contributed by atoms with Gasteiger partial charge in [0.05, 0.1) is 24.9 Å². The van der Waals surface area contributed by atoms with Crippen LogP contribution in [-0.2, 0) is 0 Å².